The van der Waals surface area contributed by atoms with Crippen molar-refractivity contribution < 1.29 is 17.6 Å². The van der Waals surface area contributed by atoms with E-state index in [1.165, 1.54) is 16.7 Å². The predicted octanol–water partition coefficient (Wildman–Crippen LogP) is 1.95. The Morgan fingerprint density at radius 3 is 2.64 bits per heavy atom. The lowest BCUT2D eigenvalue weighted by Crippen LogP contribution is -2.24. The standard InChI is InChI=1S/C17H16N2O5S/c1-11-7-12(9-13(8-11)25(2,22)23)18-16(20)10-19-14-5-3-4-6-15(14)24-17(19)21/h3-9H,10H2,1-2H3,(H,18,20). The van der Waals surface area contributed by atoms with Crippen molar-refractivity contribution in [2.45, 2.75) is 18.4 Å². The van der Waals surface area contributed by atoms with Crippen LogP contribution >= 0.6 is 0 Å². The third-order valence-electron chi connectivity index (χ3n) is 3.64. The summed E-state index contributed by atoms with van der Waals surface area (Å²) in [5.41, 5.74) is 1.97. The topological polar surface area (TPSA) is 98.4 Å². The van der Waals surface area contributed by atoms with Gasteiger partial charge in [0, 0.05) is 11.9 Å². The number of carbonyl (C=O) groups excluding carboxylic acids is 1. The number of fused-ring (bicyclic) bond motifs is 1. The molecule has 7 nitrogen and oxygen atoms in total. The fourth-order valence-electron chi connectivity index (χ4n) is 2.54. The Morgan fingerprint density at radius 2 is 1.92 bits per heavy atom. The molecule has 0 aliphatic heterocycles. The zero-order valence-corrected chi connectivity index (χ0v) is 14.5. The van der Waals surface area contributed by atoms with Crippen LogP contribution in [0.15, 0.2) is 56.6 Å². The van der Waals surface area contributed by atoms with E-state index in [0.29, 0.717) is 22.4 Å². The fourth-order valence-corrected chi connectivity index (χ4v) is 3.28. The smallest absolute Gasteiger partial charge is 0.408 e. The summed E-state index contributed by atoms with van der Waals surface area (Å²) in [4.78, 5) is 24.3. The van der Waals surface area contributed by atoms with Crippen LogP contribution in [0.3, 0.4) is 0 Å². The molecule has 1 heterocycles. The molecule has 25 heavy (non-hydrogen) atoms. The molecule has 3 aromatic rings. The molecule has 2 aromatic carbocycles. The zero-order chi connectivity index (χ0) is 18.2. The summed E-state index contributed by atoms with van der Waals surface area (Å²) in [6.45, 7) is 1.50. The van der Waals surface area contributed by atoms with Crippen LogP contribution in [0.5, 0.6) is 0 Å². The summed E-state index contributed by atoms with van der Waals surface area (Å²) in [6, 6.07) is 11.4. The van der Waals surface area contributed by atoms with Gasteiger partial charge < -0.3 is 9.73 Å². The van der Waals surface area contributed by atoms with Crippen LogP contribution in [0.4, 0.5) is 5.69 Å². The Hall–Kier alpha value is -2.87. The van der Waals surface area contributed by atoms with Crippen LogP contribution in [0.25, 0.3) is 11.1 Å². The number of aromatic nitrogens is 1. The molecule has 1 N–H and O–H groups in total. The first-order valence-corrected chi connectivity index (χ1v) is 9.33. The quantitative estimate of drug-likeness (QED) is 0.767. The number of sulfone groups is 1. The third-order valence-corrected chi connectivity index (χ3v) is 4.73. The van der Waals surface area contributed by atoms with E-state index in [2.05, 4.69) is 5.32 Å². The average molecular weight is 360 g/mol. The van der Waals surface area contributed by atoms with Gasteiger partial charge in [0.05, 0.1) is 10.4 Å². The lowest BCUT2D eigenvalue weighted by molar-refractivity contribution is -0.116. The van der Waals surface area contributed by atoms with E-state index < -0.39 is 21.5 Å². The normalized spacial score (nSPS) is 11.6. The summed E-state index contributed by atoms with van der Waals surface area (Å²) in [5, 5.41) is 2.62. The van der Waals surface area contributed by atoms with Crippen molar-refractivity contribution in [2.24, 2.45) is 0 Å². The largest absolute Gasteiger partial charge is 0.420 e. The lowest BCUT2D eigenvalue weighted by Gasteiger charge is -2.09. The second-order valence-corrected chi connectivity index (χ2v) is 7.79. The van der Waals surface area contributed by atoms with Gasteiger partial charge in [0.15, 0.2) is 15.4 Å². The Morgan fingerprint density at radius 1 is 1.20 bits per heavy atom. The maximum absolute atomic E-state index is 12.3. The van der Waals surface area contributed by atoms with Crippen LogP contribution < -0.4 is 11.1 Å². The van der Waals surface area contributed by atoms with Crippen molar-refractivity contribution in [1.29, 1.82) is 0 Å². The highest BCUT2D eigenvalue weighted by Crippen LogP contribution is 2.19. The lowest BCUT2D eigenvalue weighted by atomic mass is 10.2. The number of nitrogens with one attached hydrogen (secondary N) is 1. The molecule has 8 heteroatoms. The van der Waals surface area contributed by atoms with Gasteiger partial charge >= 0.3 is 5.76 Å². The van der Waals surface area contributed by atoms with Crippen molar-refractivity contribution in [3.63, 3.8) is 0 Å². The van der Waals surface area contributed by atoms with Crippen LogP contribution in [-0.4, -0.2) is 25.1 Å². The molecule has 0 radical (unpaired) electrons. The van der Waals surface area contributed by atoms with Gasteiger partial charge in [-0.25, -0.2) is 13.2 Å². The predicted molar refractivity (Wildman–Crippen MR) is 93.4 cm³/mol. The van der Waals surface area contributed by atoms with Crippen molar-refractivity contribution in [3.8, 4) is 0 Å². The molecule has 0 saturated carbocycles. The van der Waals surface area contributed by atoms with Crippen molar-refractivity contribution in [2.75, 3.05) is 11.6 Å². The molecule has 3 rings (SSSR count). The number of carbonyl (C=O) groups is 1. The first kappa shape index (κ1) is 17.0. The fraction of sp³-hybridized carbons (Fsp3) is 0.176. The molecule has 1 amide bonds. The van der Waals surface area contributed by atoms with Crippen molar-refractivity contribution in [3.05, 3.63) is 58.6 Å². The van der Waals surface area contributed by atoms with E-state index in [1.807, 2.05) is 0 Å². The van der Waals surface area contributed by atoms with E-state index in [0.717, 1.165) is 6.26 Å². The van der Waals surface area contributed by atoms with E-state index in [4.69, 9.17) is 4.42 Å². The molecular weight excluding hydrogens is 344 g/mol. The molecule has 0 fully saturated rings. The van der Waals surface area contributed by atoms with Gasteiger partial charge in [-0.3, -0.25) is 9.36 Å². The Balaban J connectivity index is 1.87. The van der Waals surface area contributed by atoms with Gasteiger partial charge in [-0.2, -0.15) is 0 Å². The highest BCUT2D eigenvalue weighted by molar-refractivity contribution is 7.90. The SMILES string of the molecule is Cc1cc(NC(=O)Cn2c(=O)oc3ccccc32)cc(S(C)(=O)=O)c1. The Bertz CT molecular complexity index is 1130. The minimum absolute atomic E-state index is 0.119. The summed E-state index contributed by atoms with van der Waals surface area (Å²) in [6.07, 6.45) is 1.10. The molecule has 130 valence electrons. The van der Waals surface area contributed by atoms with Crippen molar-refractivity contribution in [1.82, 2.24) is 4.57 Å². The summed E-state index contributed by atoms with van der Waals surface area (Å²) in [5.74, 6) is -1.09. The summed E-state index contributed by atoms with van der Waals surface area (Å²) < 4.78 is 29.7. The molecule has 1 aromatic heterocycles. The second-order valence-electron chi connectivity index (χ2n) is 5.78. The number of amides is 1. The van der Waals surface area contributed by atoms with Gasteiger partial charge in [-0.15, -0.1) is 0 Å². The highest BCUT2D eigenvalue weighted by atomic mass is 32.2. The highest BCUT2D eigenvalue weighted by Gasteiger charge is 2.14. The monoisotopic (exact) mass is 360 g/mol. The van der Waals surface area contributed by atoms with Gasteiger partial charge in [0.25, 0.3) is 0 Å². The Kier molecular flexibility index (Phi) is 4.22. The molecule has 0 aliphatic carbocycles. The molecule has 0 atom stereocenters. The molecule has 0 spiro atoms. The van der Waals surface area contributed by atoms with E-state index in [1.54, 1.807) is 37.3 Å². The maximum atomic E-state index is 12.3. The van der Waals surface area contributed by atoms with Crippen LogP contribution in [0, 0.1) is 6.92 Å². The van der Waals surface area contributed by atoms with Gasteiger partial charge in [-0.05, 0) is 42.8 Å². The van der Waals surface area contributed by atoms with E-state index in [9.17, 15) is 18.0 Å². The number of nitrogens with zero attached hydrogens (tertiary/aromatic N) is 1. The van der Waals surface area contributed by atoms with Crippen molar-refractivity contribution >= 4 is 32.5 Å². The Labute approximate surface area is 143 Å². The zero-order valence-electron chi connectivity index (χ0n) is 13.6. The number of hydrogen-bond acceptors (Lipinski definition) is 5. The number of rotatable bonds is 4. The second kappa shape index (κ2) is 6.21. The number of para-hydroxylation sites is 2. The van der Waals surface area contributed by atoms with Crippen LogP contribution in [0.1, 0.15) is 5.56 Å². The number of benzene rings is 2. The minimum atomic E-state index is -3.39. The van der Waals surface area contributed by atoms with Crippen LogP contribution in [-0.2, 0) is 21.2 Å². The first-order valence-electron chi connectivity index (χ1n) is 7.44. The molecule has 0 aliphatic rings. The van der Waals surface area contributed by atoms with E-state index >= 15 is 0 Å². The minimum Gasteiger partial charge on any atom is -0.408 e. The average Bonchev–Trinajstić information content (AvgIpc) is 2.82. The summed E-state index contributed by atoms with van der Waals surface area (Å²) in [7, 11) is -3.39. The molecule has 0 saturated heterocycles. The first-order chi connectivity index (χ1) is 11.7. The van der Waals surface area contributed by atoms with E-state index in [-0.39, 0.29) is 11.4 Å². The van der Waals surface area contributed by atoms with Gasteiger partial charge in [-0.1, -0.05) is 12.1 Å². The maximum Gasteiger partial charge on any atom is 0.420 e. The number of aryl methyl sites for hydroxylation is 1. The summed E-state index contributed by atoms with van der Waals surface area (Å²) >= 11 is 0. The van der Waals surface area contributed by atoms with Gasteiger partial charge in [0.1, 0.15) is 6.54 Å². The van der Waals surface area contributed by atoms with Crippen LogP contribution in [0.2, 0.25) is 0 Å². The number of anilines is 1. The molecule has 0 bridgehead atoms. The number of hydrogen-bond donors (Lipinski definition) is 1. The van der Waals surface area contributed by atoms with Gasteiger partial charge in [0.2, 0.25) is 5.91 Å². The molecular formula is C17H16N2O5S. The third kappa shape index (κ3) is 3.63. The molecule has 0 unspecified atom stereocenters. The number of oxazole rings is 1.